The molecule has 1 atom stereocenters. The molecule has 138 valence electrons. The van der Waals surface area contributed by atoms with Crippen LogP contribution in [0.25, 0.3) is 11.1 Å². The van der Waals surface area contributed by atoms with Crippen LogP contribution in [-0.2, 0) is 16.0 Å². The van der Waals surface area contributed by atoms with Crippen molar-refractivity contribution in [3.05, 3.63) is 84.7 Å². The van der Waals surface area contributed by atoms with Gasteiger partial charge < -0.3 is 9.47 Å². The number of hydrogen-bond donors (Lipinski definition) is 0. The van der Waals surface area contributed by atoms with Gasteiger partial charge in [-0.1, -0.05) is 48.5 Å². The first-order chi connectivity index (χ1) is 13.2. The molecule has 1 aromatic heterocycles. The van der Waals surface area contributed by atoms with Crippen LogP contribution < -0.4 is 4.74 Å². The predicted octanol–water partition coefficient (Wildman–Crippen LogP) is 4.69. The van der Waals surface area contributed by atoms with Gasteiger partial charge in [0.25, 0.3) is 0 Å². The average molecular weight is 361 g/mol. The Kier molecular flexibility index (Phi) is 6.58. The number of nitrogens with zero attached hydrogens (tertiary/aromatic N) is 1. The maximum absolute atomic E-state index is 12.1. The lowest BCUT2D eigenvalue weighted by Crippen LogP contribution is -2.26. The fourth-order valence-electron chi connectivity index (χ4n) is 2.72. The van der Waals surface area contributed by atoms with E-state index in [1.165, 1.54) is 0 Å². The number of ether oxygens (including phenoxy) is 2. The quantitative estimate of drug-likeness (QED) is 0.431. The number of pyridine rings is 1. The molecular formula is C23H23NO3. The molecule has 3 aromatic rings. The Balaban J connectivity index is 1.44. The molecule has 0 saturated carbocycles. The molecule has 4 nitrogen and oxygen atoms in total. The van der Waals surface area contributed by atoms with Crippen molar-refractivity contribution in [2.24, 2.45) is 0 Å². The van der Waals surface area contributed by atoms with Crippen LogP contribution in [0.1, 0.15) is 18.9 Å². The molecule has 0 aliphatic heterocycles. The normalized spacial score (nSPS) is 11.6. The van der Waals surface area contributed by atoms with Crippen molar-refractivity contribution in [1.82, 2.24) is 4.98 Å². The van der Waals surface area contributed by atoms with Crippen molar-refractivity contribution in [1.29, 1.82) is 0 Å². The largest absolute Gasteiger partial charge is 0.479 e. The van der Waals surface area contributed by atoms with Crippen molar-refractivity contribution in [2.75, 3.05) is 6.61 Å². The highest BCUT2D eigenvalue weighted by atomic mass is 16.6. The molecule has 0 radical (unpaired) electrons. The van der Waals surface area contributed by atoms with E-state index in [1.54, 1.807) is 13.1 Å². The highest BCUT2D eigenvalue weighted by Crippen LogP contribution is 2.22. The SMILES string of the molecule is CC(Oc1ccc(-c2ccccc2)cc1)C(=O)OCCCc1cccnc1. The first kappa shape index (κ1) is 18.6. The van der Waals surface area contributed by atoms with E-state index in [0.29, 0.717) is 12.4 Å². The fraction of sp³-hybridized carbons (Fsp3) is 0.217. The summed E-state index contributed by atoms with van der Waals surface area (Å²) in [5, 5.41) is 0. The summed E-state index contributed by atoms with van der Waals surface area (Å²) in [4.78, 5) is 16.2. The first-order valence-corrected chi connectivity index (χ1v) is 9.10. The standard InChI is InChI=1S/C23H23NO3/c1-18(23(25)26-16-6-8-19-7-5-15-24-17-19)27-22-13-11-21(12-14-22)20-9-3-2-4-10-20/h2-5,7,9-15,17-18H,6,8,16H2,1H3. The number of esters is 1. The van der Waals surface area contributed by atoms with Crippen LogP contribution in [0.5, 0.6) is 5.75 Å². The highest BCUT2D eigenvalue weighted by Gasteiger charge is 2.16. The number of rotatable bonds is 8. The molecule has 0 aliphatic rings. The topological polar surface area (TPSA) is 48.4 Å². The van der Waals surface area contributed by atoms with Crippen LogP contribution in [0.3, 0.4) is 0 Å². The van der Waals surface area contributed by atoms with Gasteiger partial charge in [0.05, 0.1) is 6.61 Å². The number of carbonyl (C=O) groups excluding carboxylic acids is 1. The molecule has 3 rings (SSSR count). The van der Waals surface area contributed by atoms with E-state index in [4.69, 9.17) is 9.47 Å². The molecule has 2 aromatic carbocycles. The van der Waals surface area contributed by atoms with Crippen molar-refractivity contribution in [3.63, 3.8) is 0 Å². The number of hydrogen-bond acceptors (Lipinski definition) is 4. The van der Waals surface area contributed by atoms with Gasteiger partial charge in [-0.2, -0.15) is 0 Å². The fourth-order valence-corrected chi connectivity index (χ4v) is 2.72. The minimum atomic E-state index is -0.647. The van der Waals surface area contributed by atoms with Crippen molar-refractivity contribution >= 4 is 5.97 Å². The van der Waals surface area contributed by atoms with Crippen LogP contribution in [-0.4, -0.2) is 23.7 Å². The lowest BCUT2D eigenvalue weighted by Gasteiger charge is -2.14. The number of aryl methyl sites for hydroxylation is 1. The molecule has 0 N–H and O–H groups in total. The molecule has 0 aliphatic carbocycles. The van der Waals surface area contributed by atoms with E-state index < -0.39 is 6.10 Å². The molecule has 4 heteroatoms. The summed E-state index contributed by atoms with van der Waals surface area (Å²) < 4.78 is 11.0. The van der Waals surface area contributed by atoms with Crippen LogP contribution in [0.15, 0.2) is 79.1 Å². The summed E-state index contributed by atoms with van der Waals surface area (Å²) in [6.07, 6.45) is 4.51. The van der Waals surface area contributed by atoms with Gasteiger partial charge >= 0.3 is 5.97 Å². The molecule has 0 bridgehead atoms. The average Bonchev–Trinajstić information content (AvgIpc) is 2.73. The minimum Gasteiger partial charge on any atom is -0.479 e. The molecule has 0 amide bonds. The summed E-state index contributed by atoms with van der Waals surface area (Å²) in [6.45, 7) is 2.07. The summed E-state index contributed by atoms with van der Waals surface area (Å²) in [5.74, 6) is 0.294. The van der Waals surface area contributed by atoms with E-state index in [1.807, 2.05) is 60.8 Å². The Hall–Kier alpha value is -3.14. The number of carbonyl (C=O) groups is 1. The second-order valence-corrected chi connectivity index (χ2v) is 6.28. The predicted molar refractivity (Wildman–Crippen MR) is 105 cm³/mol. The minimum absolute atomic E-state index is 0.353. The van der Waals surface area contributed by atoms with E-state index in [9.17, 15) is 4.79 Å². The highest BCUT2D eigenvalue weighted by molar-refractivity contribution is 5.74. The monoisotopic (exact) mass is 361 g/mol. The van der Waals surface area contributed by atoms with Gasteiger partial charge in [-0.25, -0.2) is 4.79 Å². The first-order valence-electron chi connectivity index (χ1n) is 9.10. The van der Waals surface area contributed by atoms with Crippen LogP contribution in [0.4, 0.5) is 0 Å². The van der Waals surface area contributed by atoms with E-state index in [-0.39, 0.29) is 5.97 Å². The Labute approximate surface area is 159 Å². The lowest BCUT2D eigenvalue weighted by molar-refractivity contribution is -0.151. The summed E-state index contributed by atoms with van der Waals surface area (Å²) in [5.41, 5.74) is 3.38. The zero-order chi connectivity index (χ0) is 18.9. The van der Waals surface area contributed by atoms with Crippen LogP contribution >= 0.6 is 0 Å². The zero-order valence-corrected chi connectivity index (χ0v) is 15.4. The Morgan fingerprint density at radius 3 is 2.41 bits per heavy atom. The zero-order valence-electron chi connectivity index (χ0n) is 15.4. The van der Waals surface area contributed by atoms with Gasteiger partial charge in [0.2, 0.25) is 0 Å². The van der Waals surface area contributed by atoms with Gasteiger partial charge in [-0.05, 0) is 54.7 Å². The second-order valence-electron chi connectivity index (χ2n) is 6.28. The Morgan fingerprint density at radius 2 is 1.70 bits per heavy atom. The molecule has 0 saturated heterocycles. The van der Waals surface area contributed by atoms with Gasteiger partial charge in [0.1, 0.15) is 5.75 Å². The van der Waals surface area contributed by atoms with Crippen LogP contribution in [0.2, 0.25) is 0 Å². The van der Waals surface area contributed by atoms with E-state index in [0.717, 1.165) is 29.5 Å². The van der Waals surface area contributed by atoms with Gasteiger partial charge in [-0.3, -0.25) is 4.98 Å². The lowest BCUT2D eigenvalue weighted by atomic mass is 10.1. The summed E-state index contributed by atoms with van der Waals surface area (Å²) in [7, 11) is 0. The molecule has 27 heavy (non-hydrogen) atoms. The van der Waals surface area contributed by atoms with Gasteiger partial charge in [0.15, 0.2) is 6.10 Å². The Morgan fingerprint density at radius 1 is 0.963 bits per heavy atom. The van der Waals surface area contributed by atoms with Crippen molar-refractivity contribution < 1.29 is 14.3 Å². The molecule has 0 spiro atoms. The number of aromatic nitrogens is 1. The third-order valence-corrected chi connectivity index (χ3v) is 4.18. The third-order valence-electron chi connectivity index (χ3n) is 4.18. The van der Waals surface area contributed by atoms with Crippen molar-refractivity contribution in [2.45, 2.75) is 25.9 Å². The van der Waals surface area contributed by atoms with E-state index >= 15 is 0 Å². The summed E-state index contributed by atoms with van der Waals surface area (Å²) >= 11 is 0. The summed E-state index contributed by atoms with van der Waals surface area (Å²) in [6, 6.07) is 21.7. The smallest absolute Gasteiger partial charge is 0.347 e. The number of benzene rings is 2. The van der Waals surface area contributed by atoms with Crippen LogP contribution in [0, 0.1) is 0 Å². The molecular weight excluding hydrogens is 338 g/mol. The molecule has 1 heterocycles. The second kappa shape index (κ2) is 9.53. The van der Waals surface area contributed by atoms with Gasteiger partial charge in [0, 0.05) is 12.4 Å². The molecule has 1 unspecified atom stereocenters. The maximum atomic E-state index is 12.1. The third kappa shape index (κ3) is 5.68. The Bertz CT molecular complexity index is 833. The van der Waals surface area contributed by atoms with E-state index in [2.05, 4.69) is 17.1 Å². The molecule has 0 fully saturated rings. The maximum Gasteiger partial charge on any atom is 0.347 e. The van der Waals surface area contributed by atoms with Gasteiger partial charge in [-0.15, -0.1) is 0 Å². The van der Waals surface area contributed by atoms with Crippen molar-refractivity contribution in [3.8, 4) is 16.9 Å².